The normalized spacial score (nSPS) is 12.3. The molecule has 1 N–H and O–H groups in total. The summed E-state index contributed by atoms with van der Waals surface area (Å²) in [5, 5.41) is 3.83. The molecule has 0 amide bonds. The molecule has 0 spiro atoms. The number of benzene rings is 1. The van der Waals surface area contributed by atoms with Crippen LogP contribution in [0.3, 0.4) is 0 Å². The number of rotatable bonds is 8. The molecular weight excluding hydrogens is 308 g/mol. The van der Waals surface area contributed by atoms with Gasteiger partial charge in [0, 0.05) is 25.2 Å². The van der Waals surface area contributed by atoms with Gasteiger partial charge in [-0.05, 0) is 42.6 Å². The van der Waals surface area contributed by atoms with Gasteiger partial charge < -0.3 is 5.32 Å². The Kier molecular flexibility index (Phi) is 7.13. The second-order valence-electron chi connectivity index (χ2n) is 5.61. The number of sulfonamides is 1. The molecule has 0 saturated carbocycles. The van der Waals surface area contributed by atoms with Gasteiger partial charge in [-0.3, -0.25) is 0 Å². The standard InChI is InChI=1S/C15H25ClN2O2S/c1-5-8-17-10-13-9-14(6-7-15(13)16)21(19,20)18(4)11-12(2)3/h6-7,9,12,17H,5,8,10-11H2,1-4H3. The third kappa shape index (κ3) is 5.25. The molecule has 1 rings (SSSR count). The van der Waals surface area contributed by atoms with Crippen LogP contribution in [0, 0.1) is 5.92 Å². The van der Waals surface area contributed by atoms with E-state index in [2.05, 4.69) is 12.2 Å². The Morgan fingerprint density at radius 1 is 1.33 bits per heavy atom. The van der Waals surface area contributed by atoms with Gasteiger partial charge >= 0.3 is 0 Å². The molecule has 0 bridgehead atoms. The number of hydrogen-bond donors (Lipinski definition) is 1. The highest BCUT2D eigenvalue weighted by molar-refractivity contribution is 7.89. The predicted molar refractivity (Wildman–Crippen MR) is 88.1 cm³/mol. The molecular formula is C15H25ClN2O2S. The maximum atomic E-state index is 12.5. The average Bonchev–Trinajstić information content (AvgIpc) is 2.40. The smallest absolute Gasteiger partial charge is 0.242 e. The molecule has 0 fully saturated rings. The number of hydrogen-bond acceptors (Lipinski definition) is 3. The molecule has 4 nitrogen and oxygen atoms in total. The van der Waals surface area contributed by atoms with Gasteiger partial charge in [-0.25, -0.2) is 12.7 Å². The van der Waals surface area contributed by atoms with E-state index in [4.69, 9.17) is 11.6 Å². The topological polar surface area (TPSA) is 49.4 Å². The molecule has 1 aromatic carbocycles. The average molecular weight is 333 g/mol. The molecule has 0 saturated heterocycles. The minimum atomic E-state index is -3.46. The van der Waals surface area contributed by atoms with E-state index in [-0.39, 0.29) is 5.92 Å². The van der Waals surface area contributed by atoms with E-state index >= 15 is 0 Å². The monoisotopic (exact) mass is 332 g/mol. The van der Waals surface area contributed by atoms with Crippen molar-refractivity contribution >= 4 is 21.6 Å². The maximum Gasteiger partial charge on any atom is 0.242 e. The van der Waals surface area contributed by atoms with Crippen LogP contribution >= 0.6 is 11.6 Å². The van der Waals surface area contributed by atoms with Crippen LogP contribution in [0.5, 0.6) is 0 Å². The summed E-state index contributed by atoms with van der Waals surface area (Å²) in [6.45, 7) is 8.01. The predicted octanol–water partition coefficient (Wildman–Crippen LogP) is 3.12. The van der Waals surface area contributed by atoms with Crippen molar-refractivity contribution < 1.29 is 8.42 Å². The van der Waals surface area contributed by atoms with Crippen molar-refractivity contribution in [1.82, 2.24) is 9.62 Å². The Bertz CT molecular complexity index is 559. The van der Waals surface area contributed by atoms with Crippen LogP contribution in [0.4, 0.5) is 0 Å². The lowest BCUT2D eigenvalue weighted by atomic mass is 10.2. The van der Waals surface area contributed by atoms with Crippen molar-refractivity contribution in [2.75, 3.05) is 20.1 Å². The van der Waals surface area contributed by atoms with E-state index in [0.717, 1.165) is 18.5 Å². The quantitative estimate of drug-likeness (QED) is 0.744. The summed E-state index contributed by atoms with van der Waals surface area (Å²) in [6.07, 6.45) is 1.02. The zero-order chi connectivity index (χ0) is 16.0. The van der Waals surface area contributed by atoms with Crippen molar-refractivity contribution in [2.24, 2.45) is 5.92 Å². The minimum absolute atomic E-state index is 0.280. The van der Waals surface area contributed by atoms with Gasteiger partial charge in [0.05, 0.1) is 4.90 Å². The van der Waals surface area contributed by atoms with Gasteiger partial charge in [-0.1, -0.05) is 32.4 Å². The number of halogens is 1. The fraction of sp³-hybridized carbons (Fsp3) is 0.600. The van der Waals surface area contributed by atoms with Crippen molar-refractivity contribution in [1.29, 1.82) is 0 Å². The van der Waals surface area contributed by atoms with Gasteiger partial charge in [0.25, 0.3) is 0 Å². The van der Waals surface area contributed by atoms with Gasteiger partial charge in [0.2, 0.25) is 10.0 Å². The van der Waals surface area contributed by atoms with Gasteiger partial charge in [0.15, 0.2) is 0 Å². The molecule has 0 unspecified atom stereocenters. The molecule has 0 aliphatic heterocycles. The molecule has 0 heterocycles. The summed E-state index contributed by atoms with van der Waals surface area (Å²) in [7, 11) is -1.85. The highest BCUT2D eigenvalue weighted by Crippen LogP contribution is 2.23. The molecule has 1 aromatic rings. The molecule has 0 atom stereocenters. The van der Waals surface area contributed by atoms with Crippen LogP contribution in [0.15, 0.2) is 23.1 Å². The molecule has 0 aliphatic carbocycles. The van der Waals surface area contributed by atoms with E-state index in [9.17, 15) is 8.42 Å². The second kappa shape index (κ2) is 8.13. The summed E-state index contributed by atoms with van der Waals surface area (Å²) >= 11 is 6.14. The van der Waals surface area contributed by atoms with E-state index in [1.807, 2.05) is 13.8 Å². The second-order valence-corrected chi connectivity index (χ2v) is 8.06. The lowest BCUT2D eigenvalue weighted by Gasteiger charge is -2.20. The Balaban J connectivity index is 2.99. The lowest BCUT2D eigenvalue weighted by Crippen LogP contribution is -2.30. The van der Waals surface area contributed by atoms with E-state index in [0.29, 0.717) is 23.0 Å². The molecule has 21 heavy (non-hydrogen) atoms. The Labute approximate surface area is 133 Å². The van der Waals surface area contributed by atoms with Crippen LogP contribution in [0.25, 0.3) is 0 Å². The molecule has 0 aliphatic rings. The number of nitrogens with one attached hydrogen (secondary N) is 1. The summed E-state index contributed by atoms with van der Waals surface area (Å²) in [5.41, 5.74) is 0.809. The Morgan fingerprint density at radius 2 is 2.00 bits per heavy atom. The van der Waals surface area contributed by atoms with Gasteiger partial charge in [0.1, 0.15) is 0 Å². The van der Waals surface area contributed by atoms with E-state index < -0.39 is 10.0 Å². The molecule has 120 valence electrons. The first-order chi connectivity index (χ1) is 9.78. The number of nitrogens with zero attached hydrogens (tertiary/aromatic N) is 1. The minimum Gasteiger partial charge on any atom is -0.313 e. The van der Waals surface area contributed by atoms with Gasteiger partial charge in [-0.15, -0.1) is 0 Å². The summed E-state index contributed by atoms with van der Waals surface area (Å²) in [6, 6.07) is 4.88. The van der Waals surface area contributed by atoms with Crippen molar-refractivity contribution in [3.63, 3.8) is 0 Å². The highest BCUT2D eigenvalue weighted by Gasteiger charge is 2.22. The Morgan fingerprint density at radius 3 is 2.57 bits per heavy atom. The molecule has 0 radical (unpaired) electrons. The van der Waals surface area contributed by atoms with Gasteiger partial charge in [-0.2, -0.15) is 0 Å². The third-order valence-electron chi connectivity index (χ3n) is 3.09. The van der Waals surface area contributed by atoms with Crippen LogP contribution in [-0.4, -0.2) is 32.9 Å². The fourth-order valence-corrected chi connectivity index (χ4v) is 3.61. The first-order valence-electron chi connectivity index (χ1n) is 7.24. The first-order valence-corrected chi connectivity index (χ1v) is 9.06. The zero-order valence-electron chi connectivity index (χ0n) is 13.2. The third-order valence-corrected chi connectivity index (χ3v) is 5.28. The van der Waals surface area contributed by atoms with Crippen molar-refractivity contribution in [3.05, 3.63) is 28.8 Å². The van der Waals surface area contributed by atoms with Crippen LogP contribution in [-0.2, 0) is 16.6 Å². The fourth-order valence-electron chi connectivity index (χ4n) is 2.04. The Hall–Kier alpha value is -0.620. The SMILES string of the molecule is CCCNCc1cc(S(=O)(=O)N(C)CC(C)C)ccc1Cl. The van der Waals surface area contributed by atoms with Crippen LogP contribution in [0.1, 0.15) is 32.8 Å². The lowest BCUT2D eigenvalue weighted by molar-refractivity contribution is 0.417. The summed E-state index contributed by atoms with van der Waals surface area (Å²) < 4.78 is 26.4. The molecule has 0 aromatic heterocycles. The summed E-state index contributed by atoms with van der Waals surface area (Å²) in [5.74, 6) is 0.280. The highest BCUT2D eigenvalue weighted by atomic mass is 35.5. The maximum absolute atomic E-state index is 12.5. The van der Waals surface area contributed by atoms with Crippen LogP contribution < -0.4 is 5.32 Å². The van der Waals surface area contributed by atoms with Crippen molar-refractivity contribution in [2.45, 2.75) is 38.6 Å². The van der Waals surface area contributed by atoms with Crippen LogP contribution in [0.2, 0.25) is 5.02 Å². The van der Waals surface area contributed by atoms with Crippen molar-refractivity contribution in [3.8, 4) is 0 Å². The largest absolute Gasteiger partial charge is 0.313 e. The zero-order valence-corrected chi connectivity index (χ0v) is 14.8. The summed E-state index contributed by atoms with van der Waals surface area (Å²) in [4.78, 5) is 0.295. The first kappa shape index (κ1) is 18.4. The van der Waals surface area contributed by atoms with E-state index in [1.165, 1.54) is 4.31 Å². The molecule has 6 heteroatoms. The van der Waals surface area contributed by atoms with E-state index in [1.54, 1.807) is 25.2 Å².